The molecule has 7 heteroatoms. The summed E-state index contributed by atoms with van der Waals surface area (Å²) >= 11 is 1.55. The summed E-state index contributed by atoms with van der Waals surface area (Å²) in [4.78, 5) is 4.31. The maximum atomic E-state index is 9.65. The van der Waals surface area contributed by atoms with Crippen LogP contribution in [0.1, 0.15) is 16.7 Å². The molecule has 24 heavy (non-hydrogen) atoms. The molecule has 0 unspecified atom stereocenters. The van der Waals surface area contributed by atoms with Crippen molar-refractivity contribution in [3.8, 4) is 5.75 Å². The zero-order valence-electron chi connectivity index (χ0n) is 13.1. The van der Waals surface area contributed by atoms with Crippen LogP contribution in [0.3, 0.4) is 0 Å². The number of hydrazone groups is 1. The van der Waals surface area contributed by atoms with Crippen LogP contribution in [0, 0.1) is 6.92 Å². The van der Waals surface area contributed by atoms with Crippen molar-refractivity contribution in [3.05, 3.63) is 65.2 Å². The summed E-state index contributed by atoms with van der Waals surface area (Å²) in [5, 5.41) is 21.3. The molecule has 0 atom stereocenters. The lowest BCUT2D eigenvalue weighted by Gasteiger charge is -1.99. The molecule has 0 aliphatic heterocycles. The lowest BCUT2D eigenvalue weighted by atomic mass is 10.2. The van der Waals surface area contributed by atoms with E-state index in [1.54, 1.807) is 30.0 Å². The molecule has 3 aromatic rings. The van der Waals surface area contributed by atoms with Crippen molar-refractivity contribution in [1.82, 2.24) is 15.2 Å². The molecule has 0 amide bonds. The monoisotopic (exact) mass is 339 g/mol. The fourth-order valence-corrected chi connectivity index (χ4v) is 2.81. The van der Waals surface area contributed by atoms with Gasteiger partial charge in [0, 0.05) is 11.3 Å². The van der Waals surface area contributed by atoms with Crippen LogP contribution in [0.25, 0.3) is 0 Å². The Morgan fingerprint density at radius 1 is 1.25 bits per heavy atom. The van der Waals surface area contributed by atoms with E-state index in [-0.39, 0.29) is 5.75 Å². The van der Waals surface area contributed by atoms with E-state index in [0.29, 0.717) is 16.7 Å². The number of phenols is 1. The van der Waals surface area contributed by atoms with Crippen molar-refractivity contribution in [1.29, 1.82) is 0 Å². The number of aryl methyl sites for hydroxylation is 1. The van der Waals surface area contributed by atoms with E-state index >= 15 is 0 Å². The number of aromatic hydroxyl groups is 1. The van der Waals surface area contributed by atoms with Gasteiger partial charge in [0.1, 0.15) is 5.75 Å². The SMILES string of the molecule is Cc1cccc(CSc2n[nH]c(N/N=C/c3ccccc3O)n2)c1. The number of aromatic nitrogens is 3. The van der Waals surface area contributed by atoms with Crippen LogP contribution in [0.4, 0.5) is 5.95 Å². The minimum absolute atomic E-state index is 0.176. The van der Waals surface area contributed by atoms with Gasteiger partial charge in [0.25, 0.3) is 0 Å². The van der Waals surface area contributed by atoms with Crippen molar-refractivity contribution >= 4 is 23.9 Å². The van der Waals surface area contributed by atoms with Gasteiger partial charge in [-0.05, 0) is 24.6 Å². The summed E-state index contributed by atoms with van der Waals surface area (Å²) in [6, 6.07) is 15.3. The van der Waals surface area contributed by atoms with E-state index in [2.05, 4.69) is 50.8 Å². The van der Waals surface area contributed by atoms with Crippen LogP contribution in [-0.4, -0.2) is 26.5 Å². The van der Waals surface area contributed by atoms with Gasteiger partial charge >= 0.3 is 0 Å². The van der Waals surface area contributed by atoms with E-state index < -0.39 is 0 Å². The van der Waals surface area contributed by atoms with E-state index in [9.17, 15) is 5.11 Å². The van der Waals surface area contributed by atoms with Gasteiger partial charge in [0.05, 0.1) is 6.21 Å². The first-order chi connectivity index (χ1) is 11.7. The van der Waals surface area contributed by atoms with Gasteiger partial charge in [-0.2, -0.15) is 10.1 Å². The van der Waals surface area contributed by atoms with E-state index in [0.717, 1.165) is 5.75 Å². The Hall–Kier alpha value is -2.80. The van der Waals surface area contributed by atoms with E-state index in [1.807, 2.05) is 12.1 Å². The fraction of sp³-hybridized carbons (Fsp3) is 0.118. The molecular formula is C17H17N5OS. The molecule has 6 nitrogen and oxygen atoms in total. The van der Waals surface area contributed by atoms with Gasteiger partial charge in [-0.15, -0.1) is 5.10 Å². The van der Waals surface area contributed by atoms with Gasteiger partial charge in [0.2, 0.25) is 11.1 Å². The van der Waals surface area contributed by atoms with Crippen LogP contribution in [0.2, 0.25) is 0 Å². The number of nitrogens with zero attached hydrogens (tertiary/aromatic N) is 3. The molecule has 0 saturated carbocycles. The third kappa shape index (κ3) is 4.36. The minimum atomic E-state index is 0.176. The lowest BCUT2D eigenvalue weighted by molar-refractivity contribution is 0.474. The molecular weight excluding hydrogens is 322 g/mol. The topological polar surface area (TPSA) is 86.2 Å². The Labute approximate surface area is 144 Å². The number of hydrogen-bond donors (Lipinski definition) is 3. The van der Waals surface area contributed by atoms with Gasteiger partial charge in [-0.1, -0.05) is 53.7 Å². The predicted molar refractivity (Wildman–Crippen MR) is 96.4 cm³/mol. The predicted octanol–water partition coefficient (Wildman–Crippen LogP) is 3.56. The summed E-state index contributed by atoms with van der Waals surface area (Å²) in [6.45, 7) is 2.07. The maximum absolute atomic E-state index is 9.65. The number of H-pyrrole nitrogens is 1. The fourth-order valence-electron chi connectivity index (χ4n) is 2.07. The summed E-state index contributed by atoms with van der Waals surface area (Å²) in [5.74, 6) is 1.43. The van der Waals surface area contributed by atoms with Crippen molar-refractivity contribution < 1.29 is 5.11 Å². The molecule has 0 saturated heterocycles. The Balaban J connectivity index is 1.55. The molecule has 0 spiro atoms. The molecule has 3 N–H and O–H groups in total. The van der Waals surface area contributed by atoms with Crippen molar-refractivity contribution in [2.45, 2.75) is 17.8 Å². The summed E-state index contributed by atoms with van der Waals surface area (Å²) in [5.41, 5.74) is 5.86. The third-order valence-corrected chi connectivity index (χ3v) is 4.14. The zero-order chi connectivity index (χ0) is 16.8. The summed E-state index contributed by atoms with van der Waals surface area (Å²) in [7, 11) is 0. The number of phenolic OH excluding ortho intramolecular Hbond substituents is 1. The highest BCUT2D eigenvalue weighted by Crippen LogP contribution is 2.20. The van der Waals surface area contributed by atoms with Crippen LogP contribution in [0.15, 0.2) is 58.8 Å². The van der Waals surface area contributed by atoms with Crippen LogP contribution in [-0.2, 0) is 5.75 Å². The molecule has 0 aliphatic rings. The molecule has 0 fully saturated rings. The highest BCUT2D eigenvalue weighted by molar-refractivity contribution is 7.98. The first kappa shape index (κ1) is 16.1. The average molecular weight is 339 g/mol. The van der Waals surface area contributed by atoms with E-state index in [4.69, 9.17) is 0 Å². The second-order valence-electron chi connectivity index (χ2n) is 5.17. The molecule has 1 heterocycles. The Morgan fingerprint density at radius 3 is 2.96 bits per heavy atom. The van der Waals surface area contributed by atoms with Gasteiger partial charge in [-0.25, -0.2) is 10.5 Å². The highest BCUT2D eigenvalue weighted by Gasteiger charge is 2.04. The number of para-hydroxylation sites is 1. The molecule has 0 aliphatic carbocycles. The Bertz CT molecular complexity index is 846. The number of hydrogen-bond acceptors (Lipinski definition) is 6. The van der Waals surface area contributed by atoms with Crippen molar-refractivity contribution in [2.24, 2.45) is 5.10 Å². The lowest BCUT2D eigenvalue weighted by Crippen LogP contribution is -1.92. The highest BCUT2D eigenvalue weighted by atomic mass is 32.2. The average Bonchev–Trinajstić information content (AvgIpc) is 3.03. The molecule has 122 valence electrons. The van der Waals surface area contributed by atoms with Crippen LogP contribution >= 0.6 is 11.8 Å². The molecule has 3 rings (SSSR count). The Morgan fingerprint density at radius 2 is 2.12 bits per heavy atom. The zero-order valence-corrected chi connectivity index (χ0v) is 13.9. The summed E-state index contributed by atoms with van der Waals surface area (Å²) in [6.07, 6.45) is 1.53. The smallest absolute Gasteiger partial charge is 0.240 e. The molecule has 1 aromatic heterocycles. The largest absolute Gasteiger partial charge is 0.507 e. The number of thioether (sulfide) groups is 1. The normalized spacial score (nSPS) is 11.0. The second kappa shape index (κ2) is 7.65. The number of benzene rings is 2. The van der Waals surface area contributed by atoms with Crippen LogP contribution < -0.4 is 5.43 Å². The third-order valence-electron chi connectivity index (χ3n) is 3.23. The number of rotatable bonds is 6. The quantitative estimate of drug-likeness (QED) is 0.363. The van der Waals surface area contributed by atoms with Gasteiger partial charge in [0.15, 0.2) is 0 Å². The molecule has 0 bridgehead atoms. The number of aromatic amines is 1. The van der Waals surface area contributed by atoms with Crippen molar-refractivity contribution in [3.63, 3.8) is 0 Å². The van der Waals surface area contributed by atoms with Crippen LogP contribution in [0.5, 0.6) is 5.75 Å². The van der Waals surface area contributed by atoms with Crippen molar-refractivity contribution in [2.75, 3.05) is 5.43 Å². The second-order valence-corrected chi connectivity index (χ2v) is 6.12. The van der Waals surface area contributed by atoms with Gasteiger partial charge in [-0.3, -0.25) is 0 Å². The van der Waals surface area contributed by atoms with Gasteiger partial charge < -0.3 is 5.11 Å². The van der Waals surface area contributed by atoms with E-state index in [1.165, 1.54) is 17.3 Å². The maximum Gasteiger partial charge on any atom is 0.240 e. The first-order valence-electron chi connectivity index (χ1n) is 7.38. The molecule has 0 radical (unpaired) electrons. The number of nitrogens with one attached hydrogen (secondary N) is 2. The minimum Gasteiger partial charge on any atom is -0.507 e. The Kier molecular flexibility index (Phi) is 5.12. The standard InChI is InChI=1S/C17H17N5OS/c1-12-5-4-6-13(9-12)11-24-17-19-16(21-22-17)20-18-10-14-7-2-3-8-15(14)23/h2-10,23H,11H2,1H3,(H2,19,20,21,22)/b18-10+. The number of anilines is 1. The summed E-state index contributed by atoms with van der Waals surface area (Å²) < 4.78 is 0. The first-order valence-corrected chi connectivity index (χ1v) is 8.37. The molecule has 2 aromatic carbocycles.